The number of ether oxygens (including phenoxy) is 1. The standard InChI is InChI=1S/C24H28ClN3O4S/c1-6-32-24(29)21-15-26-28(33(30,31)27(4)5)23(21)20(19-10-8-7-9-17(19)3)14-18-13-16(2)11-12-22(18)25/h7-13,15,20H,6,14H2,1-5H3. The molecule has 0 aliphatic carbocycles. The predicted molar refractivity (Wildman–Crippen MR) is 129 cm³/mol. The molecule has 176 valence electrons. The van der Waals surface area contributed by atoms with E-state index in [0.717, 1.165) is 30.6 Å². The third-order valence-electron chi connectivity index (χ3n) is 5.47. The summed E-state index contributed by atoms with van der Waals surface area (Å²) < 4.78 is 33.6. The van der Waals surface area contributed by atoms with Gasteiger partial charge in [-0.05, 0) is 49.9 Å². The lowest BCUT2D eigenvalue weighted by Crippen LogP contribution is -2.32. The van der Waals surface area contributed by atoms with Gasteiger partial charge in [-0.25, -0.2) is 4.79 Å². The second kappa shape index (κ2) is 10.1. The molecule has 1 unspecified atom stereocenters. The first kappa shape index (κ1) is 25.0. The van der Waals surface area contributed by atoms with Crippen LogP contribution >= 0.6 is 11.6 Å². The maximum Gasteiger partial charge on any atom is 0.341 e. The van der Waals surface area contributed by atoms with Crippen molar-refractivity contribution in [2.75, 3.05) is 20.7 Å². The van der Waals surface area contributed by atoms with Crippen molar-refractivity contribution in [2.45, 2.75) is 33.1 Å². The van der Waals surface area contributed by atoms with Gasteiger partial charge in [0.1, 0.15) is 5.56 Å². The largest absolute Gasteiger partial charge is 0.462 e. The van der Waals surface area contributed by atoms with Gasteiger partial charge in [0.2, 0.25) is 0 Å². The van der Waals surface area contributed by atoms with Gasteiger partial charge >= 0.3 is 16.2 Å². The van der Waals surface area contributed by atoms with Crippen molar-refractivity contribution >= 4 is 27.8 Å². The molecule has 1 heterocycles. The molecule has 7 nitrogen and oxygen atoms in total. The molecule has 0 fully saturated rings. The van der Waals surface area contributed by atoms with Gasteiger partial charge in [0.05, 0.1) is 18.5 Å². The van der Waals surface area contributed by atoms with Crippen LogP contribution in [0.25, 0.3) is 0 Å². The van der Waals surface area contributed by atoms with Gasteiger partial charge in [-0.1, -0.05) is 53.6 Å². The molecule has 1 aromatic heterocycles. The smallest absolute Gasteiger partial charge is 0.341 e. The topological polar surface area (TPSA) is 81.5 Å². The van der Waals surface area contributed by atoms with Crippen LogP contribution in [0.3, 0.4) is 0 Å². The first-order valence-electron chi connectivity index (χ1n) is 10.6. The van der Waals surface area contributed by atoms with Crippen molar-refractivity contribution in [3.05, 3.63) is 87.2 Å². The van der Waals surface area contributed by atoms with E-state index in [1.165, 1.54) is 20.3 Å². The number of hydrogen-bond donors (Lipinski definition) is 0. The van der Waals surface area contributed by atoms with Crippen LogP contribution in [-0.2, 0) is 21.4 Å². The van der Waals surface area contributed by atoms with Gasteiger partial charge in [-0.2, -0.15) is 17.8 Å². The van der Waals surface area contributed by atoms with E-state index in [1.54, 1.807) is 6.92 Å². The van der Waals surface area contributed by atoms with E-state index in [9.17, 15) is 13.2 Å². The summed E-state index contributed by atoms with van der Waals surface area (Å²) >= 11 is 6.52. The number of rotatable bonds is 8. The molecule has 0 spiro atoms. The number of carbonyl (C=O) groups is 1. The van der Waals surface area contributed by atoms with Crippen molar-refractivity contribution < 1.29 is 17.9 Å². The fraction of sp³-hybridized carbons (Fsp3) is 0.333. The van der Waals surface area contributed by atoms with E-state index in [4.69, 9.17) is 16.3 Å². The molecule has 3 aromatic rings. The normalized spacial score (nSPS) is 12.7. The zero-order valence-electron chi connectivity index (χ0n) is 19.4. The molecular weight excluding hydrogens is 462 g/mol. The van der Waals surface area contributed by atoms with Crippen molar-refractivity contribution in [1.82, 2.24) is 13.5 Å². The van der Waals surface area contributed by atoms with Crippen LogP contribution in [-0.4, -0.2) is 48.6 Å². The average Bonchev–Trinajstić information content (AvgIpc) is 3.21. The van der Waals surface area contributed by atoms with Gasteiger partial charge in [0, 0.05) is 25.0 Å². The lowest BCUT2D eigenvalue weighted by atomic mass is 9.85. The number of halogens is 1. The van der Waals surface area contributed by atoms with Crippen molar-refractivity contribution in [3.63, 3.8) is 0 Å². The molecule has 0 saturated heterocycles. The van der Waals surface area contributed by atoms with Crippen molar-refractivity contribution in [3.8, 4) is 0 Å². The van der Waals surface area contributed by atoms with Crippen LogP contribution in [0.1, 0.15) is 51.1 Å². The van der Waals surface area contributed by atoms with Crippen LogP contribution in [0.5, 0.6) is 0 Å². The minimum atomic E-state index is -4.01. The van der Waals surface area contributed by atoms with E-state index >= 15 is 0 Å². The highest BCUT2D eigenvalue weighted by Crippen LogP contribution is 2.36. The van der Waals surface area contributed by atoms with Gasteiger partial charge in [0.15, 0.2) is 0 Å². The SMILES string of the molecule is CCOC(=O)c1cnn(S(=O)(=O)N(C)C)c1C(Cc1cc(C)ccc1Cl)c1ccccc1C. The van der Waals surface area contributed by atoms with Crippen molar-refractivity contribution in [1.29, 1.82) is 0 Å². The Kier molecular flexibility index (Phi) is 7.62. The van der Waals surface area contributed by atoms with E-state index < -0.39 is 22.1 Å². The monoisotopic (exact) mass is 489 g/mol. The molecular formula is C24H28ClN3O4S. The molecule has 2 aromatic carbocycles. The second-order valence-corrected chi connectivity index (χ2v) is 10.4. The van der Waals surface area contributed by atoms with E-state index in [-0.39, 0.29) is 17.9 Å². The molecule has 0 amide bonds. The molecule has 0 radical (unpaired) electrons. The number of carbonyl (C=O) groups excluding carboxylic acids is 1. The van der Waals surface area contributed by atoms with E-state index in [1.807, 2.05) is 56.3 Å². The molecule has 9 heteroatoms. The molecule has 0 bridgehead atoms. The van der Waals surface area contributed by atoms with Gasteiger partial charge in [-0.15, -0.1) is 4.09 Å². The van der Waals surface area contributed by atoms with Crippen LogP contribution in [0, 0.1) is 13.8 Å². The summed E-state index contributed by atoms with van der Waals surface area (Å²) in [6, 6.07) is 13.4. The summed E-state index contributed by atoms with van der Waals surface area (Å²) in [5.41, 5.74) is 4.05. The van der Waals surface area contributed by atoms with Crippen LogP contribution in [0.4, 0.5) is 0 Å². The lowest BCUT2D eigenvalue weighted by Gasteiger charge is -2.24. The Morgan fingerprint density at radius 3 is 2.52 bits per heavy atom. The Balaban J connectivity index is 2.33. The third kappa shape index (κ3) is 5.13. The van der Waals surface area contributed by atoms with E-state index in [0.29, 0.717) is 11.4 Å². The number of hydrogen-bond acceptors (Lipinski definition) is 5. The Hall–Kier alpha value is -2.68. The molecule has 3 rings (SSSR count). The van der Waals surface area contributed by atoms with Gasteiger partial charge in [0.25, 0.3) is 0 Å². The summed E-state index contributed by atoms with van der Waals surface area (Å²) in [7, 11) is -1.17. The highest BCUT2D eigenvalue weighted by Gasteiger charge is 2.33. The Bertz CT molecular complexity index is 1270. The predicted octanol–water partition coefficient (Wildman–Crippen LogP) is 4.36. The number of aryl methyl sites for hydroxylation is 2. The molecule has 0 N–H and O–H groups in total. The second-order valence-electron chi connectivity index (χ2n) is 8.01. The first-order chi connectivity index (χ1) is 15.6. The Morgan fingerprint density at radius 2 is 1.88 bits per heavy atom. The van der Waals surface area contributed by atoms with Crippen LogP contribution in [0.2, 0.25) is 5.02 Å². The molecule has 0 aliphatic rings. The summed E-state index contributed by atoms with van der Waals surface area (Å²) in [5.74, 6) is -1.15. The number of nitrogens with zero attached hydrogens (tertiary/aromatic N) is 3. The highest BCUT2D eigenvalue weighted by molar-refractivity contribution is 7.87. The molecule has 33 heavy (non-hydrogen) atoms. The zero-order chi connectivity index (χ0) is 24.3. The van der Waals surface area contributed by atoms with Crippen molar-refractivity contribution in [2.24, 2.45) is 0 Å². The van der Waals surface area contributed by atoms with Crippen LogP contribution in [0.15, 0.2) is 48.7 Å². The van der Waals surface area contributed by atoms with Gasteiger partial charge in [-0.3, -0.25) is 0 Å². The number of aromatic nitrogens is 2. The lowest BCUT2D eigenvalue weighted by molar-refractivity contribution is 0.0524. The maximum atomic E-state index is 13.2. The summed E-state index contributed by atoms with van der Waals surface area (Å²) in [4.78, 5) is 12.9. The molecule has 0 aliphatic heterocycles. The minimum absolute atomic E-state index is 0.110. The Labute approximate surface area is 200 Å². The average molecular weight is 490 g/mol. The Morgan fingerprint density at radius 1 is 1.18 bits per heavy atom. The minimum Gasteiger partial charge on any atom is -0.462 e. The molecule has 0 saturated carbocycles. The summed E-state index contributed by atoms with van der Waals surface area (Å²) in [5, 5.41) is 4.69. The maximum absolute atomic E-state index is 13.2. The quantitative estimate of drug-likeness (QED) is 0.439. The fourth-order valence-corrected chi connectivity index (χ4v) is 4.92. The number of esters is 1. The summed E-state index contributed by atoms with van der Waals surface area (Å²) in [6.07, 6.45) is 1.63. The first-order valence-corrected chi connectivity index (χ1v) is 12.3. The fourth-order valence-electron chi connectivity index (χ4n) is 3.78. The number of benzene rings is 2. The van der Waals surface area contributed by atoms with Gasteiger partial charge < -0.3 is 4.74 Å². The van der Waals surface area contributed by atoms with Crippen LogP contribution < -0.4 is 0 Å². The third-order valence-corrected chi connectivity index (χ3v) is 7.49. The zero-order valence-corrected chi connectivity index (χ0v) is 20.9. The highest BCUT2D eigenvalue weighted by atomic mass is 35.5. The molecule has 1 atom stereocenters. The van der Waals surface area contributed by atoms with E-state index in [2.05, 4.69) is 5.10 Å². The summed E-state index contributed by atoms with van der Waals surface area (Å²) in [6.45, 7) is 5.77.